The zero-order valence-electron chi connectivity index (χ0n) is 15.3. The fourth-order valence-electron chi connectivity index (χ4n) is 2.89. The lowest BCUT2D eigenvalue weighted by atomic mass is 10.0. The van der Waals surface area contributed by atoms with Gasteiger partial charge in [-0.15, -0.1) is 0 Å². The molecule has 11 nitrogen and oxygen atoms in total. The second-order valence-corrected chi connectivity index (χ2v) is 6.68. The summed E-state index contributed by atoms with van der Waals surface area (Å²) < 4.78 is 0. The predicted molar refractivity (Wildman–Crippen MR) is 92.4 cm³/mol. The summed E-state index contributed by atoms with van der Waals surface area (Å²) in [5.74, 6) is -4.95. The number of hydrogen-bond acceptors (Lipinski definition) is 6. The number of nitrogens with zero attached hydrogens (tertiary/aromatic N) is 1. The minimum absolute atomic E-state index is 0.166. The van der Waals surface area contributed by atoms with Crippen molar-refractivity contribution in [3.63, 3.8) is 0 Å². The highest BCUT2D eigenvalue weighted by atomic mass is 16.4. The minimum atomic E-state index is -1.44. The normalized spacial score (nSPS) is 18.7. The van der Waals surface area contributed by atoms with Crippen molar-refractivity contribution in [3.05, 3.63) is 0 Å². The first-order valence-corrected chi connectivity index (χ1v) is 8.63. The van der Waals surface area contributed by atoms with E-state index in [-0.39, 0.29) is 25.4 Å². The van der Waals surface area contributed by atoms with Gasteiger partial charge >= 0.3 is 11.9 Å². The van der Waals surface area contributed by atoms with Crippen molar-refractivity contribution in [1.29, 1.82) is 0 Å². The number of carbonyl (C=O) groups excluding carboxylic acids is 3. The Hall–Kier alpha value is -2.69. The Bertz CT molecular complexity index is 608. The molecule has 152 valence electrons. The van der Waals surface area contributed by atoms with Crippen LogP contribution in [-0.4, -0.2) is 76.0 Å². The number of carboxylic acid groups (broad SMARTS) is 2. The van der Waals surface area contributed by atoms with E-state index in [9.17, 15) is 29.1 Å². The summed E-state index contributed by atoms with van der Waals surface area (Å²) in [7, 11) is 0. The van der Waals surface area contributed by atoms with Gasteiger partial charge in [-0.25, -0.2) is 4.79 Å². The summed E-state index contributed by atoms with van der Waals surface area (Å²) in [4.78, 5) is 60.2. The number of carboxylic acids is 2. The number of nitrogens with two attached hydrogens (primary N) is 1. The maximum absolute atomic E-state index is 12.7. The zero-order chi connectivity index (χ0) is 20.7. The van der Waals surface area contributed by atoms with E-state index in [1.54, 1.807) is 13.8 Å². The monoisotopic (exact) mass is 386 g/mol. The minimum Gasteiger partial charge on any atom is -0.481 e. The Morgan fingerprint density at radius 3 is 2.26 bits per heavy atom. The molecule has 3 unspecified atom stereocenters. The van der Waals surface area contributed by atoms with Gasteiger partial charge in [-0.3, -0.25) is 19.2 Å². The van der Waals surface area contributed by atoms with Crippen molar-refractivity contribution in [3.8, 4) is 0 Å². The summed E-state index contributed by atoms with van der Waals surface area (Å²) in [6.45, 7) is 3.16. The largest absolute Gasteiger partial charge is 0.481 e. The van der Waals surface area contributed by atoms with E-state index < -0.39 is 54.2 Å². The Labute approximate surface area is 156 Å². The molecular formula is C16H26N4O7. The number of likely N-dealkylation sites (tertiary alicyclic amines) is 1. The van der Waals surface area contributed by atoms with Crippen LogP contribution in [0.1, 0.15) is 33.1 Å². The highest BCUT2D eigenvalue weighted by molar-refractivity contribution is 5.95. The van der Waals surface area contributed by atoms with Gasteiger partial charge in [-0.05, 0) is 18.8 Å². The molecule has 27 heavy (non-hydrogen) atoms. The Kier molecular flexibility index (Phi) is 8.16. The smallest absolute Gasteiger partial charge is 0.326 e. The van der Waals surface area contributed by atoms with E-state index in [4.69, 9.17) is 10.8 Å². The first-order valence-electron chi connectivity index (χ1n) is 8.63. The van der Waals surface area contributed by atoms with Crippen molar-refractivity contribution in [1.82, 2.24) is 15.5 Å². The molecule has 0 saturated carbocycles. The van der Waals surface area contributed by atoms with Crippen molar-refractivity contribution >= 4 is 29.7 Å². The summed E-state index contributed by atoms with van der Waals surface area (Å²) in [5, 5.41) is 23.0. The van der Waals surface area contributed by atoms with Gasteiger partial charge in [0.05, 0.1) is 13.0 Å². The lowest BCUT2D eigenvalue weighted by Gasteiger charge is -2.28. The third kappa shape index (κ3) is 6.20. The lowest BCUT2D eigenvalue weighted by molar-refractivity contribution is -0.150. The van der Waals surface area contributed by atoms with Crippen LogP contribution in [0.3, 0.4) is 0 Å². The van der Waals surface area contributed by atoms with E-state index in [1.807, 2.05) is 0 Å². The van der Waals surface area contributed by atoms with Crippen LogP contribution in [0.2, 0.25) is 0 Å². The predicted octanol–water partition coefficient (Wildman–Crippen LogP) is -1.88. The average molecular weight is 386 g/mol. The number of amides is 3. The molecule has 1 aliphatic rings. The molecule has 1 fully saturated rings. The topological polar surface area (TPSA) is 179 Å². The molecule has 0 aromatic carbocycles. The van der Waals surface area contributed by atoms with Crippen molar-refractivity contribution in [2.24, 2.45) is 11.7 Å². The van der Waals surface area contributed by atoms with Crippen LogP contribution in [0.15, 0.2) is 0 Å². The van der Waals surface area contributed by atoms with Gasteiger partial charge in [-0.2, -0.15) is 0 Å². The molecule has 0 aromatic rings. The molecular weight excluding hydrogens is 360 g/mol. The van der Waals surface area contributed by atoms with E-state index in [0.717, 1.165) is 4.90 Å². The number of aliphatic carboxylic acids is 2. The highest BCUT2D eigenvalue weighted by Crippen LogP contribution is 2.19. The number of rotatable bonds is 9. The maximum atomic E-state index is 12.7. The summed E-state index contributed by atoms with van der Waals surface area (Å²) in [5.41, 5.74) is 5.22. The van der Waals surface area contributed by atoms with Crippen molar-refractivity contribution in [2.45, 2.75) is 51.2 Å². The van der Waals surface area contributed by atoms with E-state index in [1.165, 1.54) is 0 Å². The van der Waals surface area contributed by atoms with Gasteiger partial charge in [0.2, 0.25) is 17.7 Å². The van der Waals surface area contributed by atoms with Crippen molar-refractivity contribution < 1.29 is 34.2 Å². The Morgan fingerprint density at radius 1 is 1.15 bits per heavy atom. The van der Waals surface area contributed by atoms with Crippen molar-refractivity contribution in [2.75, 3.05) is 13.1 Å². The lowest BCUT2D eigenvalue weighted by Crippen LogP contribution is -2.57. The quantitative estimate of drug-likeness (QED) is 0.305. The third-order valence-corrected chi connectivity index (χ3v) is 4.27. The number of hydrogen-bond donors (Lipinski definition) is 5. The first kappa shape index (κ1) is 22.4. The summed E-state index contributed by atoms with van der Waals surface area (Å²) >= 11 is 0. The SMILES string of the molecule is CC(C)C(NC(=O)CN)C(=O)NC(CC(=O)O)C(=O)N1CCCC1C(=O)O. The van der Waals surface area contributed by atoms with Crippen LogP contribution in [0.4, 0.5) is 0 Å². The molecule has 1 saturated heterocycles. The highest BCUT2D eigenvalue weighted by Gasteiger charge is 2.39. The fourth-order valence-corrected chi connectivity index (χ4v) is 2.89. The second kappa shape index (κ2) is 9.86. The third-order valence-electron chi connectivity index (χ3n) is 4.27. The van der Waals surface area contributed by atoms with Crippen LogP contribution < -0.4 is 16.4 Å². The van der Waals surface area contributed by atoms with Gasteiger partial charge in [0.25, 0.3) is 0 Å². The van der Waals surface area contributed by atoms with Crippen LogP contribution >= 0.6 is 0 Å². The van der Waals surface area contributed by atoms with Crippen LogP contribution in [-0.2, 0) is 24.0 Å². The van der Waals surface area contributed by atoms with Crippen LogP contribution in [0.25, 0.3) is 0 Å². The molecule has 0 spiro atoms. The fraction of sp³-hybridized carbons (Fsp3) is 0.688. The summed E-state index contributed by atoms with van der Waals surface area (Å²) in [6.07, 6.45) is 0.0245. The molecule has 1 rings (SSSR count). The van der Waals surface area contributed by atoms with E-state index in [0.29, 0.717) is 6.42 Å². The Balaban J connectivity index is 2.97. The van der Waals surface area contributed by atoms with Crippen LogP contribution in [0, 0.1) is 5.92 Å². The van der Waals surface area contributed by atoms with Gasteiger partial charge in [0.15, 0.2) is 0 Å². The second-order valence-electron chi connectivity index (χ2n) is 6.68. The molecule has 6 N–H and O–H groups in total. The standard InChI is InChI=1S/C16H26N4O7/c1-8(2)13(19-11(21)7-17)14(24)18-9(6-12(22)23)15(25)20-5-3-4-10(20)16(26)27/h8-10,13H,3-7,17H2,1-2H3,(H,18,24)(H,19,21)(H,22,23)(H,26,27). The molecule has 3 amide bonds. The first-order chi connectivity index (χ1) is 12.6. The molecule has 1 heterocycles. The molecule has 3 atom stereocenters. The van der Waals surface area contributed by atoms with Gasteiger partial charge in [0.1, 0.15) is 18.1 Å². The van der Waals surface area contributed by atoms with Gasteiger partial charge in [0, 0.05) is 6.54 Å². The average Bonchev–Trinajstić information content (AvgIpc) is 3.07. The van der Waals surface area contributed by atoms with E-state index in [2.05, 4.69) is 10.6 Å². The van der Waals surface area contributed by atoms with E-state index >= 15 is 0 Å². The van der Waals surface area contributed by atoms with Gasteiger partial charge < -0.3 is 31.5 Å². The number of carbonyl (C=O) groups is 5. The van der Waals surface area contributed by atoms with Gasteiger partial charge in [-0.1, -0.05) is 13.8 Å². The molecule has 11 heteroatoms. The zero-order valence-corrected chi connectivity index (χ0v) is 15.3. The molecule has 0 aliphatic carbocycles. The maximum Gasteiger partial charge on any atom is 0.326 e. The number of nitrogens with one attached hydrogen (secondary N) is 2. The molecule has 0 bridgehead atoms. The summed E-state index contributed by atoms with van der Waals surface area (Å²) in [6, 6.07) is -3.51. The van der Waals surface area contributed by atoms with Crippen LogP contribution in [0.5, 0.6) is 0 Å². The Morgan fingerprint density at radius 2 is 1.78 bits per heavy atom. The molecule has 0 aromatic heterocycles. The molecule has 1 aliphatic heterocycles. The molecule has 0 radical (unpaired) electrons.